The van der Waals surface area contributed by atoms with Gasteiger partial charge in [-0.15, -0.1) is 0 Å². The van der Waals surface area contributed by atoms with Crippen molar-refractivity contribution >= 4 is 23.7 Å². The number of aliphatic carboxylic acids is 1. The molecule has 2 aromatic rings. The maximum atomic E-state index is 13.6. The number of halogens is 3. The van der Waals surface area contributed by atoms with E-state index in [-0.39, 0.29) is 12.5 Å². The van der Waals surface area contributed by atoms with Crippen LogP contribution < -0.4 is 9.64 Å². The molecule has 1 fully saturated rings. The van der Waals surface area contributed by atoms with Gasteiger partial charge in [0.2, 0.25) is 5.91 Å². The molecule has 0 spiro atoms. The van der Waals surface area contributed by atoms with Crippen LogP contribution in [0.2, 0.25) is 0 Å². The van der Waals surface area contributed by atoms with Crippen LogP contribution in [-0.4, -0.2) is 53.2 Å². The van der Waals surface area contributed by atoms with Gasteiger partial charge in [0.15, 0.2) is 0 Å². The Balaban J connectivity index is 1.46. The summed E-state index contributed by atoms with van der Waals surface area (Å²) in [6.45, 7) is 7.06. The zero-order chi connectivity index (χ0) is 30.3. The van der Waals surface area contributed by atoms with Crippen molar-refractivity contribution in [2.75, 3.05) is 18.5 Å². The number of hydrogen-bond acceptors (Lipinski definition) is 5. The average Bonchev–Trinajstić information content (AvgIpc) is 3.62. The van der Waals surface area contributed by atoms with Gasteiger partial charge < -0.3 is 19.5 Å². The summed E-state index contributed by atoms with van der Waals surface area (Å²) in [5.74, 6) is -1.33. The van der Waals surface area contributed by atoms with Crippen molar-refractivity contribution < 1.29 is 42.1 Å². The number of carboxylic acids is 1. The Bertz CT molecular complexity index is 1350. The number of benzene rings is 2. The van der Waals surface area contributed by atoms with Gasteiger partial charge in [-0.2, -0.15) is 13.2 Å². The van der Waals surface area contributed by atoms with E-state index < -0.39 is 47.8 Å². The van der Waals surface area contributed by atoms with E-state index in [2.05, 4.69) is 0 Å². The van der Waals surface area contributed by atoms with Crippen LogP contribution in [0, 0.1) is 6.92 Å². The third kappa shape index (κ3) is 6.94. The lowest BCUT2D eigenvalue weighted by atomic mass is 10.00. The summed E-state index contributed by atoms with van der Waals surface area (Å²) >= 11 is 0. The molecular formula is C30H35F3N2O6. The van der Waals surface area contributed by atoms with Crippen LogP contribution in [0.4, 0.5) is 23.7 Å². The molecule has 1 heterocycles. The molecule has 2 amide bonds. The van der Waals surface area contributed by atoms with E-state index in [9.17, 15) is 32.7 Å². The number of rotatable bonds is 8. The van der Waals surface area contributed by atoms with Crippen LogP contribution in [0.5, 0.6) is 5.75 Å². The molecule has 0 unspecified atom stereocenters. The molecule has 1 aliphatic carbocycles. The summed E-state index contributed by atoms with van der Waals surface area (Å²) in [5.41, 5.74) is 1.50. The van der Waals surface area contributed by atoms with E-state index in [0.29, 0.717) is 35.5 Å². The van der Waals surface area contributed by atoms with Gasteiger partial charge in [0.1, 0.15) is 24.0 Å². The summed E-state index contributed by atoms with van der Waals surface area (Å²) in [4.78, 5) is 39.9. The normalized spacial score (nSPS) is 15.8. The predicted octanol–water partition coefficient (Wildman–Crippen LogP) is 6.07. The number of likely N-dealkylation sites (N-methyl/N-ethyl adjacent to an activating group) is 1. The summed E-state index contributed by atoms with van der Waals surface area (Å²) in [6, 6.07) is 6.29. The molecule has 0 bridgehead atoms. The van der Waals surface area contributed by atoms with Crippen molar-refractivity contribution in [1.82, 2.24) is 4.90 Å². The number of carboxylic acid groups (broad SMARTS) is 1. The molecule has 4 rings (SSSR count). The Hall–Kier alpha value is -3.76. The van der Waals surface area contributed by atoms with E-state index in [0.717, 1.165) is 34.9 Å². The molecule has 0 aromatic heterocycles. The van der Waals surface area contributed by atoms with E-state index in [1.165, 1.54) is 11.9 Å². The number of anilines is 1. The first-order valence-corrected chi connectivity index (χ1v) is 13.5. The van der Waals surface area contributed by atoms with Crippen molar-refractivity contribution in [2.24, 2.45) is 0 Å². The van der Waals surface area contributed by atoms with E-state index >= 15 is 0 Å². The number of amides is 2. The predicted molar refractivity (Wildman–Crippen MR) is 145 cm³/mol. The molecule has 222 valence electrons. The third-order valence-electron chi connectivity index (χ3n) is 7.34. The quantitative estimate of drug-likeness (QED) is 0.410. The molecule has 2 aliphatic rings. The molecule has 0 radical (unpaired) electrons. The maximum Gasteiger partial charge on any atom is 0.416 e. The zero-order valence-corrected chi connectivity index (χ0v) is 23.8. The summed E-state index contributed by atoms with van der Waals surface area (Å²) in [5, 5.41) is 9.72. The summed E-state index contributed by atoms with van der Waals surface area (Å²) < 4.78 is 52.1. The van der Waals surface area contributed by atoms with Gasteiger partial charge in [-0.05, 0) is 93.3 Å². The highest BCUT2D eigenvalue weighted by Gasteiger charge is 2.38. The first kappa shape index (κ1) is 30.2. The van der Waals surface area contributed by atoms with Gasteiger partial charge in [-0.25, -0.2) is 9.59 Å². The molecule has 1 aliphatic heterocycles. The minimum absolute atomic E-state index is 0.0327. The van der Waals surface area contributed by atoms with Crippen molar-refractivity contribution in [3.8, 4) is 5.75 Å². The smallest absolute Gasteiger partial charge is 0.416 e. The monoisotopic (exact) mass is 576 g/mol. The summed E-state index contributed by atoms with van der Waals surface area (Å²) in [7, 11) is 1.28. The lowest BCUT2D eigenvalue weighted by Gasteiger charge is -2.29. The first-order chi connectivity index (χ1) is 19.1. The number of carbonyl (C=O) groups is 3. The van der Waals surface area contributed by atoms with Crippen molar-refractivity contribution in [3.63, 3.8) is 0 Å². The van der Waals surface area contributed by atoms with Gasteiger partial charge in [-0.3, -0.25) is 9.69 Å². The third-order valence-corrected chi connectivity index (χ3v) is 7.34. The van der Waals surface area contributed by atoms with Crippen LogP contribution >= 0.6 is 0 Å². The second kappa shape index (κ2) is 11.3. The highest BCUT2D eigenvalue weighted by molar-refractivity contribution is 5.98. The lowest BCUT2D eigenvalue weighted by molar-refractivity contribution is -0.144. The molecule has 11 heteroatoms. The number of hydrogen-bond donors (Lipinski definition) is 1. The van der Waals surface area contributed by atoms with Gasteiger partial charge in [0.25, 0.3) is 0 Å². The van der Waals surface area contributed by atoms with Gasteiger partial charge >= 0.3 is 18.2 Å². The van der Waals surface area contributed by atoms with E-state index in [1.807, 2.05) is 6.92 Å². The Kier molecular flexibility index (Phi) is 8.29. The van der Waals surface area contributed by atoms with Crippen LogP contribution in [0.25, 0.3) is 0 Å². The molecule has 1 N–H and O–H groups in total. The molecule has 0 saturated heterocycles. The molecule has 41 heavy (non-hydrogen) atoms. The second-order valence-electron chi connectivity index (χ2n) is 11.6. The first-order valence-electron chi connectivity index (χ1n) is 13.5. The fourth-order valence-electron chi connectivity index (χ4n) is 5.03. The highest BCUT2D eigenvalue weighted by atomic mass is 19.4. The van der Waals surface area contributed by atoms with Crippen molar-refractivity contribution in [1.29, 1.82) is 0 Å². The van der Waals surface area contributed by atoms with Crippen molar-refractivity contribution in [3.05, 3.63) is 58.1 Å². The Morgan fingerprint density at radius 1 is 1.12 bits per heavy atom. The number of carbonyl (C=O) groups excluding carboxylic acids is 2. The Labute approximate surface area is 237 Å². The molecule has 1 atom stereocenters. The number of ether oxygens (including phenoxy) is 2. The number of alkyl halides is 3. The van der Waals surface area contributed by atoms with Gasteiger partial charge in [-0.1, -0.05) is 12.1 Å². The minimum Gasteiger partial charge on any atom is -0.489 e. The zero-order valence-electron chi connectivity index (χ0n) is 23.8. The summed E-state index contributed by atoms with van der Waals surface area (Å²) in [6.07, 6.45) is -3.69. The minimum atomic E-state index is -4.44. The van der Waals surface area contributed by atoms with Crippen LogP contribution in [-0.2, 0) is 33.5 Å². The maximum absolute atomic E-state index is 13.6. The van der Waals surface area contributed by atoms with E-state index in [4.69, 9.17) is 9.47 Å². The standard InChI is InChI=1S/C30H35F3N2O6/c1-17-20-12-13-35(26(36)15-24(27(37)38)34(5)28(39)41-29(2,3)4)23(20)10-11-25(17)40-16-18-6-9-21(19-7-8-19)22(14-18)30(31,32)33/h6,9-11,14,19,24H,7-8,12-13,15-16H2,1-5H3,(H,37,38)/t24-/m1/s1. The van der Waals surface area contributed by atoms with Crippen LogP contribution in [0.3, 0.4) is 0 Å². The number of nitrogens with zero attached hydrogens (tertiary/aromatic N) is 2. The van der Waals surface area contributed by atoms with Gasteiger partial charge in [0, 0.05) is 19.3 Å². The lowest BCUT2D eigenvalue weighted by Crippen LogP contribution is -2.47. The average molecular weight is 577 g/mol. The van der Waals surface area contributed by atoms with Crippen LogP contribution in [0.15, 0.2) is 30.3 Å². The Morgan fingerprint density at radius 2 is 1.80 bits per heavy atom. The largest absolute Gasteiger partial charge is 0.489 e. The van der Waals surface area contributed by atoms with E-state index in [1.54, 1.807) is 45.0 Å². The molecule has 2 aromatic carbocycles. The molecule has 8 nitrogen and oxygen atoms in total. The highest BCUT2D eigenvalue weighted by Crippen LogP contribution is 2.46. The number of fused-ring (bicyclic) bond motifs is 1. The molecular weight excluding hydrogens is 541 g/mol. The van der Waals surface area contributed by atoms with Gasteiger partial charge in [0.05, 0.1) is 12.0 Å². The molecule has 1 saturated carbocycles. The SMILES string of the molecule is Cc1c(OCc2ccc(C3CC3)c(C(F)(F)F)c2)ccc2c1CCN2C(=O)C[C@H](C(=O)O)N(C)C(=O)OC(C)(C)C. The topological polar surface area (TPSA) is 96.4 Å². The van der Waals surface area contributed by atoms with Crippen molar-refractivity contribution in [2.45, 2.75) is 83.7 Å². The van der Waals surface area contributed by atoms with Crippen LogP contribution in [0.1, 0.15) is 73.8 Å². The Morgan fingerprint density at radius 3 is 2.39 bits per heavy atom. The second-order valence-corrected chi connectivity index (χ2v) is 11.6. The fraction of sp³-hybridized carbons (Fsp3) is 0.500. The fourth-order valence-corrected chi connectivity index (χ4v) is 5.03.